The van der Waals surface area contributed by atoms with Crippen LogP contribution < -0.4 is 0 Å². The first kappa shape index (κ1) is 11.6. The number of allylic oxidation sites excluding steroid dienone is 2. The van der Waals surface area contributed by atoms with Gasteiger partial charge in [-0.15, -0.1) is 0 Å². The van der Waals surface area contributed by atoms with Gasteiger partial charge in [-0.3, -0.25) is 0 Å². The summed E-state index contributed by atoms with van der Waals surface area (Å²) in [5.41, 5.74) is 1.48. The fourth-order valence-electron chi connectivity index (χ4n) is 2.48. The summed E-state index contributed by atoms with van der Waals surface area (Å²) in [6.07, 6.45) is 6.21. The van der Waals surface area contributed by atoms with E-state index in [4.69, 9.17) is 0 Å². The van der Waals surface area contributed by atoms with Gasteiger partial charge in [-0.25, -0.2) is 0 Å². The maximum absolute atomic E-state index is 2.52. The highest BCUT2D eigenvalue weighted by Crippen LogP contribution is 2.30. The topological polar surface area (TPSA) is 3.24 Å². The average Bonchev–Trinajstić information content (AvgIpc) is 2.10. The van der Waals surface area contributed by atoms with E-state index in [0.717, 1.165) is 18.3 Å². The van der Waals surface area contributed by atoms with Gasteiger partial charge in [0.05, 0.1) is 0 Å². The normalized spacial score (nSPS) is 18.9. The molecule has 1 heterocycles. The fourth-order valence-corrected chi connectivity index (χ4v) is 2.48. The smallest absolute Gasteiger partial charge is 0.0222 e. The summed E-state index contributed by atoms with van der Waals surface area (Å²) in [5, 5.41) is 0. The monoisotopic (exact) mass is 195 g/mol. The van der Waals surface area contributed by atoms with Crippen LogP contribution in [0.4, 0.5) is 0 Å². The number of nitrogens with zero attached hydrogens (tertiary/aromatic N) is 1. The van der Waals surface area contributed by atoms with Gasteiger partial charge < -0.3 is 4.90 Å². The molecule has 1 saturated heterocycles. The number of hydrogen-bond acceptors (Lipinski definition) is 1. The molecule has 0 aromatic rings. The van der Waals surface area contributed by atoms with E-state index in [-0.39, 0.29) is 0 Å². The Labute approximate surface area is 89.2 Å². The molecular weight excluding hydrogens is 170 g/mol. The first-order valence-electron chi connectivity index (χ1n) is 6.14. The van der Waals surface area contributed by atoms with Gasteiger partial charge in [-0.1, -0.05) is 39.7 Å². The van der Waals surface area contributed by atoms with Crippen LogP contribution in [-0.4, -0.2) is 18.0 Å². The minimum absolute atomic E-state index is 0.959. The van der Waals surface area contributed by atoms with Gasteiger partial charge in [-0.2, -0.15) is 0 Å². The van der Waals surface area contributed by atoms with Gasteiger partial charge in [0.2, 0.25) is 0 Å². The van der Waals surface area contributed by atoms with Crippen LogP contribution in [-0.2, 0) is 0 Å². The Balaban J connectivity index is 2.32. The summed E-state index contributed by atoms with van der Waals surface area (Å²) in [7, 11) is 0. The Hall–Kier alpha value is -0.460. The van der Waals surface area contributed by atoms with Crippen molar-refractivity contribution in [3.8, 4) is 0 Å². The molecule has 0 amide bonds. The average molecular weight is 195 g/mol. The zero-order chi connectivity index (χ0) is 10.6. The molecule has 1 aliphatic rings. The molecule has 1 heteroatoms. The van der Waals surface area contributed by atoms with Gasteiger partial charge in [0.1, 0.15) is 0 Å². The molecule has 0 saturated carbocycles. The van der Waals surface area contributed by atoms with Gasteiger partial charge in [-0.05, 0) is 25.2 Å². The third kappa shape index (κ3) is 2.52. The van der Waals surface area contributed by atoms with E-state index >= 15 is 0 Å². The van der Waals surface area contributed by atoms with Crippen molar-refractivity contribution in [2.24, 2.45) is 11.8 Å². The molecule has 14 heavy (non-hydrogen) atoms. The zero-order valence-corrected chi connectivity index (χ0v) is 10.2. The molecular formula is C13H25N. The Morgan fingerprint density at radius 3 is 2.29 bits per heavy atom. The van der Waals surface area contributed by atoms with E-state index in [1.807, 2.05) is 0 Å². The third-order valence-corrected chi connectivity index (χ3v) is 3.62. The van der Waals surface area contributed by atoms with Crippen molar-refractivity contribution in [1.82, 2.24) is 4.90 Å². The second kappa shape index (κ2) is 5.43. The van der Waals surface area contributed by atoms with Gasteiger partial charge in [0.15, 0.2) is 0 Å². The van der Waals surface area contributed by atoms with Crippen LogP contribution in [0.3, 0.4) is 0 Å². The van der Waals surface area contributed by atoms with Crippen LogP contribution in [0.2, 0.25) is 0 Å². The lowest BCUT2D eigenvalue weighted by Crippen LogP contribution is -2.48. The van der Waals surface area contributed by atoms with Crippen molar-refractivity contribution in [1.29, 1.82) is 0 Å². The lowest BCUT2D eigenvalue weighted by Gasteiger charge is -2.45. The number of rotatable bonds is 5. The Bertz CT molecular complexity index is 185. The highest BCUT2D eigenvalue weighted by Gasteiger charge is 2.31. The molecule has 0 aromatic heterocycles. The van der Waals surface area contributed by atoms with Gasteiger partial charge in [0.25, 0.3) is 0 Å². The predicted octanol–water partition coefficient (Wildman–Crippen LogP) is 3.67. The fraction of sp³-hybridized carbons (Fsp3) is 0.846. The van der Waals surface area contributed by atoms with Crippen molar-refractivity contribution in [2.45, 2.75) is 47.0 Å². The van der Waals surface area contributed by atoms with Crippen molar-refractivity contribution < 1.29 is 0 Å². The lowest BCUT2D eigenvalue weighted by atomic mass is 9.82. The third-order valence-electron chi connectivity index (χ3n) is 3.62. The minimum Gasteiger partial charge on any atom is -0.375 e. The van der Waals surface area contributed by atoms with Crippen LogP contribution in [0.25, 0.3) is 0 Å². The highest BCUT2D eigenvalue weighted by molar-refractivity contribution is 5.03. The summed E-state index contributed by atoms with van der Waals surface area (Å²) >= 11 is 0. The predicted molar refractivity (Wildman–Crippen MR) is 63.2 cm³/mol. The van der Waals surface area contributed by atoms with Crippen molar-refractivity contribution in [3.05, 3.63) is 11.8 Å². The molecule has 82 valence electrons. The highest BCUT2D eigenvalue weighted by atomic mass is 15.2. The van der Waals surface area contributed by atoms with Crippen LogP contribution >= 0.6 is 0 Å². The molecule has 1 rings (SSSR count). The maximum Gasteiger partial charge on any atom is 0.0222 e. The molecule has 0 spiro atoms. The van der Waals surface area contributed by atoms with Crippen LogP contribution in [0.1, 0.15) is 47.0 Å². The quantitative estimate of drug-likeness (QED) is 0.647. The second-order valence-electron chi connectivity index (χ2n) is 4.50. The Kier molecular flexibility index (Phi) is 4.50. The summed E-state index contributed by atoms with van der Waals surface area (Å²) in [6.45, 7) is 11.7. The van der Waals surface area contributed by atoms with Crippen molar-refractivity contribution >= 4 is 0 Å². The molecule has 0 N–H and O–H groups in total. The van der Waals surface area contributed by atoms with E-state index < -0.39 is 0 Å². The first-order chi connectivity index (χ1) is 6.72. The Morgan fingerprint density at radius 2 is 1.86 bits per heavy atom. The van der Waals surface area contributed by atoms with E-state index in [2.05, 4.69) is 38.7 Å². The lowest BCUT2D eigenvalue weighted by molar-refractivity contribution is 0.0856. The summed E-state index contributed by atoms with van der Waals surface area (Å²) in [4.78, 5) is 2.52. The van der Waals surface area contributed by atoms with E-state index in [9.17, 15) is 0 Å². The summed E-state index contributed by atoms with van der Waals surface area (Å²) in [5.74, 6) is 1.92. The summed E-state index contributed by atoms with van der Waals surface area (Å²) in [6, 6.07) is 0. The van der Waals surface area contributed by atoms with Crippen LogP contribution in [0.15, 0.2) is 11.8 Å². The molecule has 1 fully saturated rings. The van der Waals surface area contributed by atoms with Gasteiger partial charge >= 0.3 is 0 Å². The van der Waals surface area contributed by atoms with Crippen LogP contribution in [0.5, 0.6) is 0 Å². The molecule has 0 unspecified atom stereocenters. The number of hydrogen-bond donors (Lipinski definition) is 0. The van der Waals surface area contributed by atoms with E-state index in [1.54, 1.807) is 0 Å². The molecule has 0 radical (unpaired) electrons. The molecule has 1 nitrogen and oxygen atoms in total. The van der Waals surface area contributed by atoms with E-state index in [0.29, 0.717) is 0 Å². The minimum atomic E-state index is 0.959. The molecule has 0 bridgehead atoms. The molecule has 0 aliphatic carbocycles. The first-order valence-corrected chi connectivity index (χ1v) is 6.14. The largest absolute Gasteiger partial charge is 0.375 e. The summed E-state index contributed by atoms with van der Waals surface area (Å²) < 4.78 is 0. The Morgan fingerprint density at radius 1 is 1.29 bits per heavy atom. The van der Waals surface area contributed by atoms with Crippen molar-refractivity contribution in [3.63, 3.8) is 0 Å². The SMILES string of the molecule is CC/C=C(/C)N1CC(C(CC)CC)C1. The van der Waals surface area contributed by atoms with Crippen molar-refractivity contribution in [2.75, 3.05) is 13.1 Å². The maximum atomic E-state index is 2.52. The standard InChI is InChI=1S/C13H25N/c1-5-8-11(4)14-9-13(10-14)12(6-2)7-3/h8,12-13H,5-7,9-10H2,1-4H3/b11-8-. The van der Waals surface area contributed by atoms with Gasteiger partial charge in [0, 0.05) is 18.8 Å². The number of likely N-dealkylation sites (tertiary alicyclic amines) is 1. The molecule has 0 aromatic carbocycles. The zero-order valence-electron chi connectivity index (χ0n) is 10.2. The van der Waals surface area contributed by atoms with Crippen LogP contribution in [0, 0.1) is 11.8 Å². The second-order valence-corrected chi connectivity index (χ2v) is 4.50. The van der Waals surface area contributed by atoms with E-state index in [1.165, 1.54) is 31.6 Å². The molecule has 0 atom stereocenters. The molecule has 1 aliphatic heterocycles.